The van der Waals surface area contributed by atoms with Gasteiger partial charge in [0.05, 0.1) is 21.3 Å². The first kappa shape index (κ1) is 12.2. The number of rotatable bonds is 6. The molecule has 88 valence electrons. The molecule has 0 radical (unpaired) electrons. The number of methoxy groups -OCH3 is 3. The maximum absolute atomic E-state index is 10.1. The fraction of sp³-hybridized carbons (Fsp3) is 0.364. The topological polar surface area (TPSA) is 54.0 Å². The molecular weight excluding hydrogens is 212 g/mol. The third-order valence-corrected chi connectivity index (χ3v) is 2.04. The van der Waals surface area contributed by atoms with Crippen LogP contribution in [-0.4, -0.2) is 27.8 Å². The lowest BCUT2D eigenvalue weighted by molar-refractivity contribution is -0.129. The van der Waals surface area contributed by atoms with Gasteiger partial charge in [0, 0.05) is 0 Å². The van der Waals surface area contributed by atoms with Gasteiger partial charge in [0.2, 0.25) is 5.75 Å². The van der Waals surface area contributed by atoms with Gasteiger partial charge in [-0.3, -0.25) is 4.79 Å². The normalized spacial score (nSPS) is 9.44. The molecule has 1 rings (SSSR count). The molecule has 0 bridgehead atoms. The highest BCUT2D eigenvalue weighted by Crippen LogP contribution is 2.38. The fourth-order valence-electron chi connectivity index (χ4n) is 1.35. The van der Waals surface area contributed by atoms with Crippen molar-refractivity contribution in [1.82, 2.24) is 0 Å². The highest BCUT2D eigenvalue weighted by Gasteiger charge is 2.12. The number of hydrogen-bond acceptors (Lipinski definition) is 5. The lowest BCUT2D eigenvalue weighted by Crippen LogP contribution is -1.98. The second kappa shape index (κ2) is 5.85. The van der Waals surface area contributed by atoms with Gasteiger partial charge < -0.3 is 18.9 Å². The minimum Gasteiger partial charge on any atom is -0.493 e. The zero-order chi connectivity index (χ0) is 12.0. The lowest BCUT2D eigenvalue weighted by Gasteiger charge is -2.13. The molecule has 0 aliphatic heterocycles. The molecule has 0 amide bonds. The molecule has 0 aliphatic carbocycles. The van der Waals surface area contributed by atoms with Crippen LogP contribution in [0, 0.1) is 0 Å². The van der Waals surface area contributed by atoms with Crippen LogP contribution in [-0.2, 0) is 16.1 Å². The second-order valence-corrected chi connectivity index (χ2v) is 2.94. The van der Waals surface area contributed by atoms with Crippen LogP contribution in [0.25, 0.3) is 0 Å². The van der Waals surface area contributed by atoms with Crippen molar-refractivity contribution in [3.8, 4) is 17.2 Å². The number of carbonyl (C=O) groups is 1. The zero-order valence-corrected chi connectivity index (χ0v) is 9.48. The summed E-state index contributed by atoms with van der Waals surface area (Å²) in [5.74, 6) is 1.58. The van der Waals surface area contributed by atoms with Crippen molar-refractivity contribution in [1.29, 1.82) is 0 Å². The van der Waals surface area contributed by atoms with Crippen molar-refractivity contribution in [3.05, 3.63) is 17.7 Å². The molecule has 0 fully saturated rings. The van der Waals surface area contributed by atoms with Crippen molar-refractivity contribution in [2.75, 3.05) is 21.3 Å². The van der Waals surface area contributed by atoms with Gasteiger partial charge in [-0.15, -0.1) is 0 Å². The number of carbonyl (C=O) groups excluding carboxylic acids is 1. The van der Waals surface area contributed by atoms with Crippen LogP contribution in [0.4, 0.5) is 0 Å². The Hall–Kier alpha value is -1.91. The minimum atomic E-state index is 0.167. The van der Waals surface area contributed by atoms with E-state index in [-0.39, 0.29) is 6.61 Å². The van der Waals surface area contributed by atoms with Gasteiger partial charge in [0.1, 0.15) is 6.61 Å². The highest BCUT2D eigenvalue weighted by molar-refractivity contribution is 5.54. The Labute approximate surface area is 93.9 Å². The molecule has 1 aromatic carbocycles. The largest absolute Gasteiger partial charge is 0.493 e. The van der Waals surface area contributed by atoms with Crippen molar-refractivity contribution in [2.24, 2.45) is 0 Å². The summed E-state index contributed by atoms with van der Waals surface area (Å²) in [5, 5.41) is 0. The van der Waals surface area contributed by atoms with E-state index in [9.17, 15) is 4.79 Å². The minimum absolute atomic E-state index is 0.167. The molecule has 0 aliphatic rings. The summed E-state index contributed by atoms with van der Waals surface area (Å²) >= 11 is 0. The Balaban J connectivity index is 3.09. The highest BCUT2D eigenvalue weighted by atomic mass is 16.5. The molecular formula is C11H14O5. The lowest BCUT2D eigenvalue weighted by atomic mass is 10.2. The predicted octanol–water partition coefficient (Wildman–Crippen LogP) is 1.39. The molecule has 0 spiro atoms. The third-order valence-electron chi connectivity index (χ3n) is 2.04. The quantitative estimate of drug-likeness (QED) is 0.686. The Morgan fingerprint density at radius 1 is 1.06 bits per heavy atom. The third kappa shape index (κ3) is 2.56. The first-order chi connectivity index (χ1) is 7.76. The van der Waals surface area contributed by atoms with E-state index in [2.05, 4.69) is 4.74 Å². The summed E-state index contributed by atoms with van der Waals surface area (Å²) in [6.45, 7) is 0.559. The van der Waals surface area contributed by atoms with Gasteiger partial charge in [0.25, 0.3) is 6.47 Å². The second-order valence-electron chi connectivity index (χ2n) is 2.94. The Bertz CT molecular complexity index is 336. The maximum atomic E-state index is 10.1. The van der Waals surface area contributed by atoms with Crippen LogP contribution in [0.1, 0.15) is 5.56 Å². The van der Waals surface area contributed by atoms with Crippen LogP contribution >= 0.6 is 0 Å². The average molecular weight is 226 g/mol. The molecule has 0 aromatic heterocycles. The number of ether oxygens (including phenoxy) is 4. The van der Waals surface area contributed by atoms with Crippen LogP contribution in [0.5, 0.6) is 17.2 Å². The van der Waals surface area contributed by atoms with Gasteiger partial charge >= 0.3 is 0 Å². The number of hydrogen-bond donors (Lipinski definition) is 0. The van der Waals surface area contributed by atoms with E-state index in [1.165, 1.54) is 21.3 Å². The van der Waals surface area contributed by atoms with Gasteiger partial charge in [-0.05, 0) is 17.7 Å². The fourth-order valence-corrected chi connectivity index (χ4v) is 1.35. The molecule has 5 heteroatoms. The molecule has 5 nitrogen and oxygen atoms in total. The summed E-state index contributed by atoms with van der Waals surface area (Å²) in [7, 11) is 4.59. The van der Waals surface area contributed by atoms with E-state index < -0.39 is 0 Å². The van der Waals surface area contributed by atoms with E-state index >= 15 is 0 Å². The SMILES string of the molecule is COc1cc(COC=O)cc(OC)c1OC. The maximum Gasteiger partial charge on any atom is 0.293 e. The Morgan fingerprint density at radius 3 is 2.00 bits per heavy atom. The summed E-state index contributed by atoms with van der Waals surface area (Å²) in [6.07, 6.45) is 0. The van der Waals surface area contributed by atoms with Crippen molar-refractivity contribution >= 4 is 6.47 Å². The molecule has 1 aromatic rings. The molecule has 0 heterocycles. The summed E-state index contributed by atoms with van der Waals surface area (Å²) in [4.78, 5) is 10.1. The number of benzene rings is 1. The monoisotopic (exact) mass is 226 g/mol. The Kier molecular flexibility index (Phi) is 4.44. The molecule has 0 saturated carbocycles. The van der Waals surface area contributed by atoms with Crippen LogP contribution in [0.15, 0.2) is 12.1 Å². The van der Waals surface area contributed by atoms with E-state index in [0.717, 1.165) is 5.56 Å². The molecule has 0 saturated heterocycles. The molecule has 0 atom stereocenters. The van der Waals surface area contributed by atoms with Gasteiger partial charge in [-0.1, -0.05) is 0 Å². The average Bonchev–Trinajstić information content (AvgIpc) is 2.34. The van der Waals surface area contributed by atoms with E-state index in [4.69, 9.17) is 14.2 Å². The smallest absolute Gasteiger partial charge is 0.293 e. The van der Waals surface area contributed by atoms with Crippen LogP contribution < -0.4 is 14.2 Å². The van der Waals surface area contributed by atoms with Crippen LogP contribution in [0.2, 0.25) is 0 Å². The van der Waals surface area contributed by atoms with Crippen molar-refractivity contribution in [2.45, 2.75) is 6.61 Å². The first-order valence-corrected chi connectivity index (χ1v) is 4.61. The van der Waals surface area contributed by atoms with E-state index in [1.807, 2.05) is 0 Å². The molecule has 0 unspecified atom stereocenters. The van der Waals surface area contributed by atoms with Crippen molar-refractivity contribution < 1.29 is 23.7 Å². The predicted molar refractivity (Wildman–Crippen MR) is 57.0 cm³/mol. The first-order valence-electron chi connectivity index (χ1n) is 4.61. The van der Waals surface area contributed by atoms with E-state index in [1.54, 1.807) is 12.1 Å². The zero-order valence-electron chi connectivity index (χ0n) is 9.48. The summed E-state index contributed by atoms with van der Waals surface area (Å²) < 4.78 is 20.1. The van der Waals surface area contributed by atoms with Crippen LogP contribution in [0.3, 0.4) is 0 Å². The van der Waals surface area contributed by atoms with Gasteiger partial charge in [-0.25, -0.2) is 0 Å². The van der Waals surface area contributed by atoms with Gasteiger partial charge in [0.15, 0.2) is 11.5 Å². The molecule has 0 N–H and O–H groups in total. The Morgan fingerprint density at radius 2 is 1.62 bits per heavy atom. The molecule has 16 heavy (non-hydrogen) atoms. The standard InChI is InChI=1S/C11H14O5/c1-13-9-4-8(6-16-7-12)5-10(14-2)11(9)15-3/h4-5,7H,6H2,1-3H3. The van der Waals surface area contributed by atoms with Gasteiger partial charge in [-0.2, -0.15) is 0 Å². The van der Waals surface area contributed by atoms with E-state index in [0.29, 0.717) is 23.7 Å². The summed E-state index contributed by atoms with van der Waals surface area (Å²) in [6, 6.07) is 3.45. The van der Waals surface area contributed by atoms with Crippen molar-refractivity contribution in [3.63, 3.8) is 0 Å². The summed E-state index contributed by atoms with van der Waals surface area (Å²) in [5.41, 5.74) is 0.765.